The quantitative estimate of drug-likeness (QED) is 0.136. The van der Waals surface area contributed by atoms with Gasteiger partial charge in [-0.3, -0.25) is 4.98 Å². The fourth-order valence-corrected chi connectivity index (χ4v) is 7.63. The minimum Gasteiger partial charge on any atom is -0.480 e. The zero-order chi connectivity index (χ0) is 38.6. The number of hydrogen-bond donors (Lipinski definition) is 2. The van der Waals surface area contributed by atoms with Crippen LogP contribution in [0.1, 0.15) is 52.8 Å². The van der Waals surface area contributed by atoms with E-state index >= 15 is 0 Å². The van der Waals surface area contributed by atoms with Crippen LogP contribution in [-0.2, 0) is 30.7 Å². The molecule has 0 saturated carbocycles. The lowest BCUT2D eigenvalue weighted by Crippen LogP contribution is -2.54. The van der Waals surface area contributed by atoms with E-state index in [9.17, 15) is 23.1 Å². The average molecular weight is 736 g/mol. The van der Waals surface area contributed by atoms with Gasteiger partial charge in [0.1, 0.15) is 17.5 Å². The van der Waals surface area contributed by atoms with Gasteiger partial charge in [0.2, 0.25) is 9.84 Å². The van der Waals surface area contributed by atoms with E-state index in [-0.39, 0.29) is 22.8 Å². The molecule has 0 saturated heterocycles. The van der Waals surface area contributed by atoms with Crippen LogP contribution < -0.4 is 15.5 Å². The van der Waals surface area contributed by atoms with Crippen LogP contribution in [0.4, 0.5) is 27.7 Å². The number of nitrogens with two attached hydrogens (primary N) is 1. The molecule has 0 aliphatic carbocycles. The zero-order valence-electron chi connectivity index (χ0n) is 30.7. The number of carbonyl (C=O) groups excluding carboxylic acids is 1. The average Bonchev–Trinajstić information content (AvgIpc) is 3.11. The first kappa shape index (κ1) is 38.6. The predicted octanol–water partition coefficient (Wildman–Crippen LogP) is 8.02. The second kappa shape index (κ2) is 15.2. The highest BCUT2D eigenvalue weighted by Crippen LogP contribution is 2.38. The van der Waals surface area contributed by atoms with E-state index in [0.717, 1.165) is 22.0 Å². The van der Waals surface area contributed by atoms with Crippen LogP contribution in [0, 0.1) is 5.41 Å². The van der Waals surface area contributed by atoms with Crippen molar-refractivity contribution in [2.75, 3.05) is 9.80 Å². The number of carbonyl (C=O) groups is 2. The van der Waals surface area contributed by atoms with Crippen LogP contribution in [0.25, 0.3) is 0 Å². The summed E-state index contributed by atoms with van der Waals surface area (Å²) >= 11 is 0. The first-order chi connectivity index (χ1) is 24.9. The maximum atomic E-state index is 14.6. The summed E-state index contributed by atoms with van der Waals surface area (Å²) in [7, 11) is -4.43. The van der Waals surface area contributed by atoms with Gasteiger partial charge >= 0.3 is 12.1 Å². The Morgan fingerprint density at radius 2 is 1.34 bits per heavy atom. The first-order valence-electron chi connectivity index (χ1n) is 17.1. The summed E-state index contributed by atoms with van der Waals surface area (Å²) in [4.78, 5) is 35.9. The summed E-state index contributed by atoms with van der Waals surface area (Å²) in [5.74, 6) is -1.43. The number of anilines is 4. The molecule has 5 rings (SSSR count). The van der Waals surface area contributed by atoms with Gasteiger partial charge in [0.25, 0.3) is 0 Å². The molecule has 0 fully saturated rings. The summed E-state index contributed by atoms with van der Waals surface area (Å²) in [5, 5.41) is 10.4. The Bertz CT molecular complexity index is 2100. The summed E-state index contributed by atoms with van der Waals surface area (Å²) < 4.78 is 34.8. The highest BCUT2D eigenvalue weighted by Gasteiger charge is 2.47. The van der Waals surface area contributed by atoms with Gasteiger partial charge in [-0.05, 0) is 92.4 Å². The van der Waals surface area contributed by atoms with Crippen molar-refractivity contribution < 1.29 is 27.9 Å². The number of benzene rings is 3. The molecule has 2 aromatic heterocycles. The van der Waals surface area contributed by atoms with Crippen LogP contribution in [0.15, 0.2) is 133 Å². The van der Waals surface area contributed by atoms with Crippen LogP contribution >= 0.6 is 0 Å². The monoisotopic (exact) mass is 735 g/mol. The molecule has 3 aromatic carbocycles. The molecule has 11 nitrogen and oxygen atoms in total. The lowest BCUT2D eigenvalue weighted by molar-refractivity contribution is -0.141. The largest absolute Gasteiger partial charge is 0.480 e. The number of para-hydroxylation sites is 2. The van der Waals surface area contributed by atoms with Gasteiger partial charge in [0, 0.05) is 35.9 Å². The third-order valence-electron chi connectivity index (χ3n) is 8.43. The number of carboxylic acids is 1. The number of ether oxygens (including phenoxy) is 1. The van der Waals surface area contributed by atoms with Gasteiger partial charge in [-0.25, -0.2) is 27.9 Å². The molecular weight excluding hydrogens is 691 g/mol. The molecule has 0 spiro atoms. The normalized spacial score (nSPS) is 13.7. The second-order valence-corrected chi connectivity index (χ2v) is 17.0. The van der Waals surface area contributed by atoms with E-state index < -0.39 is 43.8 Å². The number of rotatable bonds is 11. The van der Waals surface area contributed by atoms with E-state index in [1.165, 1.54) is 42.7 Å². The smallest absolute Gasteiger partial charge is 0.416 e. The molecule has 12 heteroatoms. The van der Waals surface area contributed by atoms with Crippen molar-refractivity contribution in [3.05, 3.63) is 139 Å². The van der Waals surface area contributed by atoms with Crippen molar-refractivity contribution in [2.24, 2.45) is 11.1 Å². The highest BCUT2D eigenvalue weighted by molar-refractivity contribution is 7.92. The van der Waals surface area contributed by atoms with Crippen molar-refractivity contribution in [3.8, 4) is 0 Å². The predicted molar refractivity (Wildman–Crippen MR) is 206 cm³/mol. The Hall–Kier alpha value is -5.59. The number of aliphatic carboxylic acids is 1. The summed E-state index contributed by atoms with van der Waals surface area (Å²) in [6.07, 6.45) is 1.48. The van der Waals surface area contributed by atoms with Crippen molar-refractivity contribution >= 4 is 44.8 Å². The number of amides is 1. The second-order valence-electron chi connectivity index (χ2n) is 14.8. The number of pyridine rings is 2. The van der Waals surface area contributed by atoms with Gasteiger partial charge in [0.05, 0.1) is 10.6 Å². The minimum absolute atomic E-state index is 0.107. The molecule has 276 valence electrons. The minimum atomic E-state index is -4.43. The van der Waals surface area contributed by atoms with Gasteiger partial charge < -0.3 is 20.5 Å². The maximum absolute atomic E-state index is 14.6. The number of hydrogen-bond acceptors (Lipinski definition) is 9. The van der Waals surface area contributed by atoms with E-state index in [4.69, 9.17) is 10.5 Å². The number of carboxylic acid groups (broad SMARTS) is 1. The van der Waals surface area contributed by atoms with E-state index in [2.05, 4.69) is 14.9 Å². The number of sulfone groups is 1. The molecule has 2 heterocycles. The van der Waals surface area contributed by atoms with Crippen LogP contribution in [-0.4, -0.2) is 47.2 Å². The molecule has 2 atom stereocenters. The first-order valence-corrected chi connectivity index (χ1v) is 18.6. The summed E-state index contributed by atoms with van der Waals surface area (Å²) in [6, 6.07) is 33.0. The molecule has 0 bridgehead atoms. The van der Waals surface area contributed by atoms with Gasteiger partial charge in [-0.1, -0.05) is 75.4 Å². The van der Waals surface area contributed by atoms with Crippen molar-refractivity contribution in [2.45, 2.75) is 69.4 Å². The molecule has 2 unspecified atom stereocenters. The Balaban J connectivity index is 1.64. The van der Waals surface area contributed by atoms with Crippen molar-refractivity contribution in [1.82, 2.24) is 9.97 Å². The third kappa shape index (κ3) is 8.56. The Labute approximate surface area is 311 Å². The Kier molecular flexibility index (Phi) is 11.1. The summed E-state index contributed by atoms with van der Waals surface area (Å²) in [5.41, 5.74) is 8.28. The van der Waals surface area contributed by atoms with E-state index in [1.807, 2.05) is 84.9 Å². The van der Waals surface area contributed by atoms with Gasteiger partial charge in [-0.2, -0.15) is 0 Å². The molecule has 0 aliphatic rings. The Morgan fingerprint density at radius 1 is 0.774 bits per heavy atom. The molecule has 1 amide bonds. The third-order valence-corrected chi connectivity index (χ3v) is 10.6. The van der Waals surface area contributed by atoms with Crippen molar-refractivity contribution in [3.63, 3.8) is 0 Å². The Morgan fingerprint density at radius 3 is 1.83 bits per heavy atom. The number of aromatic nitrogens is 2. The lowest BCUT2D eigenvalue weighted by atomic mass is 9.85. The lowest BCUT2D eigenvalue weighted by Gasteiger charge is -2.38. The summed E-state index contributed by atoms with van der Waals surface area (Å²) in [6.45, 7) is 10.0. The highest BCUT2D eigenvalue weighted by atomic mass is 32.2. The standard InChI is InChI=1S/C41H45N5O6S/c1-39(2,3)36(37(47)48)46(38(49)52-40(4,5)6)35-21-13-20-34(44-35)41(42,53(50,51)33-19-14-26-43-28-33)27-29-22-24-32(25-23-29)45(30-15-9-7-10-16-30)31-17-11-8-12-18-31/h7-26,28,36H,27,42H2,1-6H3,(H,47,48). The van der Waals surface area contributed by atoms with Crippen molar-refractivity contribution in [1.29, 1.82) is 0 Å². The van der Waals surface area contributed by atoms with E-state index in [1.54, 1.807) is 41.5 Å². The molecular formula is C41H45N5O6S. The fraction of sp³-hybridized carbons (Fsp3) is 0.268. The van der Waals surface area contributed by atoms with Crippen LogP contribution in [0.3, 0.4) is 0 Å². The molecule has 0 radical (unpaired) electrons. The number of nitrogens with zero attached hydrogens (tertiary/aromatic N) is 4. The molecule has 53 heavy (non-hydrogen) atoms. The molecule has 3 N–H and O–H groups in total. The SMILES string of the molecule is CC(C)(C)OC(=O)N(c1cccc(C(N)(Cc2ccc(N(c3ccccc3)c3ccccc3)cc2)S(=O)(=O)c2cccnc2)n1)C(C(=O)O)C(C)(C)C. The molecule has 0 aliphatic heterocycles. The fourth-order valence-electron chi connectivity index (χ4n) is 6.01. The zero-order valence-corrected chi connectivity index (χ0v) is 31.5. The van der Waals surface area contributed by atoms with Crippen LogP contribution in [0.2, 0.25) is 0 Å². The molecule has 5 aromatic rings. The van der Waals surface area contributed by atoms with Crippen LogP contribution in [0.5, 0.6) is 0 Å². The maximum Gasteiger partial charge on any atom is 0.416 e. The van der Waals surface area contributed by atoms with E-state index in [0.29, 0.717) is 5.56 Å². The van der Waals surface area contributed by atoms with Gasteiger partial charge in [0.15, 0.2) is 4.87 Å². The van der Waals surface area contributed by atoms with Gasteiger partial charge in [-0.15, -0.1) is 0 Å². The topological polar surface area (TPSA) is 156 Å².